The first-order valence-corrected chi connectivity index (χ1v) is 7.85. The Balaban J connectivity index is 1.65. The Hall–Kier alpha value is -1.39. The highest BCUT2D eigenvalue weighted by atomic mass is 16.3. The van der Waals surface area contributed by atoms with Gasteiger partial charge in [0.2, 0.25) is 5.91 Å². The van der Waals surface area contributed by atoms with Gasteiger partial charge >= 0.3 is 0 Å². The van der Waals surface area contributed by atoms with Gasteiger partial charge in [0.25, 0.3) is 0 Å². The first kappa shape index (κ1) is 14.5. The van der Waals surface area contributed by atoms with Crippen LogP contribution < -0.4 is 5.32 Å². The molecule has 2 aliphatic rings. The van der Waals surface area contributed by atoms with Crippen LogP contribution in [0.2, 0.25) is 0 Å². The Kier molecular flexibility index (Phi) is 4.00. The van der Waals surface area contributed by atoms with Crippen molar-refractivity contribution in [3.8, 4) is 0 Å². The number of rotatable bonds is 3. The number of aliphatic hydroxyl groups excluding tert-OH is 1. The lowest BCUT2D eigenvalue weighted by Gasteiger charge is -2.32. The Morgan fingerprint density at radius 3 is 2.71 bits per heavy atom. The van der Waals surface area contributed by atoms with Gasteiger partial charge in [-0.1, -0.05) is 43.5 Å². The maximum Gasteiger partial charge on any atom is 0.223 e. The molecule has 1 amide bonds. The van der Waals surface area contributed by atoms with Crippen molar-refractivity contribution < 1.29 is 15.0 Å². The normalized spacial score (nSPS) is 27.1. The summed E-state index contributed by atoms with van der Waals surface area (Å²) in [5, 5.41) is 23.5. The van der Waals surface area contributed by atoms with E-state index in [1.54, 1.807) is 0 Å². The molecule has 0 heterocycles. The van der Waals surface area contributed by atoms with E-state index in [1.807, 2.05) is 24.3 Å². The van der Waals surface area contributed by atoms with Crippen molar-refractivity contribution >= 4 is 5.91 Å². The van der Waals surface area contributed by atoms with E-state index in [9.17, 15) is 15.0 Å². The van der Waals surface area contributed by atoms with E-state index in [1.165, 1.54) is 0 Å². The summed E-state index contributed by atoms with van der Waals surface area (Å²) in [4.78, 5) is 12.2. The second kappa shape index (κ2) is 5.78. The zero-order chi connectivity index (χ0) is 14.9. The monoisotopic (exact) mass is 289 g/mol. The molecule has 0 aromatic heterocycles. The predicted octanol–water partition coefficient (Wildman–Crippen LogP) is 1.85. The van der Waals surface area contributed by atoms with E-state index in [0.717, 1.165) is 30.4 Å². The fraction of sp³-hybridized carbons (Fsp3) is 0.588. The molecule has 21 heavy (non-hydrogen) atoms. The summed E-state index contributed by atoms with van der Waals surface area (Å²) < 4.78 is 0. The van der Waals surface area contributed by atoms with Crippen LogP contribution in [-0.4, -0.2) is 27.8 Å². The van der Waals surface area contributed by atoms with E-state index in [-0.39, 0.29) is 18.4 Å². The molecule has 2 aliphatic carbocycles. The van der Waals surface area contributed by atoms with E-state index in [2.05, 4.69) is 5.32 Å². The summed E-state index contributed by atoms with van der Waals surface area (Å²) in [6, 6.07) is 7.46. The minimum atomic E-state index is -0.856. The molecule has 4 heteroatoms. The Morgan fingerprint density at radius 2 is 1.95 bits per heavy atom. The van der Waals surface area contributed by atoms with E-state index < -0.39 is 11.7 Å². The summed E-state index contributed by atoms with van der Waals surface area (Å²) in [6.07, 6.45) is 4.64. The van der Waals surface area contributed by atoms with Crippen LogP contribution in [0.5, 0.6) is 0 Å². The Bertz CT molecular complexity index is 523. The summed E-state index contributed by atoms with van der Waals surface area (Å²) in [5.41, 5.74) is 1.23. The van der Waals surface area contributed by atoms with Crippen molar-refractivity contribution in [2.75, 3.05) is 0 Å². The maximum absolute atomic E-state index is 12.2. The third kappa shape index (κ3) is 3.11. The Morgan fingerprint density at radius 1 is 1.24 bits per heavy atom. The molecule has 1 aromatic rings. The molecule has 3 N–H and O–H groups in total. The van der Waals surface area contributed by atoms with Gasteiger partial charge in [-0.2, -0.15) is 0 Å². The summed E-state index contributed by atoms with van der Waals surface area (Å²) >= 11 is 0. The van der Waals surface area contributed by atoms with Crippen LogP contribution in [-0.2, 0) is 11.2 Å². The molecule has 2 atom stereocenters. The molecule has 3 rings (SSSR count). The molecule has 0 spiro atoms. The van der Waals surface area contributed by atoms with Gasteiger partial charge in [-0.25, -0.2) is 0 Å². The van der Waals surface area contributed by atoms with Gasteiger partial charge in [-0.3, -0.25) is 4.79 Å². The van der Waals surface area contributed by atoms with Crippen LogP contribution in [0.25, 0.3) is 0 Å². The quantitative estimate of drug-likeness (QED) is 0.795. The van der Waals surface area contributed by atoms with Crippen LogP contribution >= 0.6 is 0 Å². The number of carbonyl (C=O) groups excluding carboxylic acids is 1. The van der Waals surface area contributed by atoms with Crippen molar-refractivity contribution in [1.29, 1.82) is 0 Å². The number of fused-ring (bicyclic) bond motifs is 1. The average Bonchev–Trinajstić information content (AvgIpc) is 2.75. The largest absolute Gasteiger partial charge is 0.390 e. The zero-order valence-corrected chi connectivity index (χ0v) is 12.2. The van der Waals surface area contributed by atoms with E-state index >= 15 is 0 Å². The van der Waals surface area contributed by atoms with E-state index in [4.69, 9.17) is 0 Å². The van der Waals surface area contributed by atoms with Gasteiger partial charge in [0.15, 0.2) is 0 Å². The molecular weight excluding hydrogens is 266 g/mol. The van der Waals surface area contributed by atoms with Crippen LogP contribution in [0.3, 0.4) is 0 Å². The van der Waals surface area contributed by atoms with Crippen molar-refractivity contribution in [1.82, 2.24) is 5.32 Å². The molecule has 0 bridgehead atoms. The molecule has 0 radical (unpaired) electrons. The van der Waals surface area contributed by atoms with Gasteiger partial charge in [0.05, 0.1) is 24.2 Å². The third-order valence-electron chi connectivity index (χ3n) is 4.79. The average molecular weight is 289 g/mol. The van der Waals surface area contributed by atoms with Crippen molar-refractivity contribution in [2.45, 2.75) is 62.7 Å². The predicted molar refractivity (Wildman–Crippen MR) is 79.7 cm³/mol. The first-order valence-electron chi connectivity index (χ1n) is 7.85. The van der Waals surface area contributed by atoms with Crippen molar-refractivity contribution in [3.05, 3.63) is 35.4 Å². The second-order valence-electron chi connectivity index (χ2n) is 6.48. The van der Waals surface area contributed by atoms with E-state index in [0.29, 0.717) is 19.3 Å². The molecule has 1 aromatic carbocycles. The lowest BCUT2D eigenvalue weighted by Crippen LogP contribution is -2.41. The smallest absolute Gasteiger partial charge is 0.223 e. The van der Waals surface area contributed by atoms with Gasteiger partial charge in [0.1, 0.15) is 0 Å². The number of hydrogen-bond acceptors (Lipinski definition) is 3. The summed E-state index contributed by atoms with van der Waals surface area (Å²) in [6.45, 7) is 0. The number of amides is 1. The lowest BCUT2D eigenvalue weighted by molar-refractivity contribution is -0.129. The third-order valence-corrected chi connectivity index (χ3v) is 4.79. The highest BCUT2D eigenvalue weighted by Crippen LogP contribution is 2.33. The van der Waals surface area contributed by atoms with Crippen LogP contribution in [0.15, 0.2) is 24.3 Å². The molecule has 0 aliphatic heterocycles. The van der Waals surface area contributed by atoms with Crippen LogP contribution in [0.1, 0.15) is 55.7 Å². The van der Waals surface area contributed by atoms with Crippen molar-refractivity contribution in [2.24, 2.45) is 0 Å². The highest BCUT2D eigenvalue weighted by molar-refractivity contribution is 5.78. The fourth-order valence-corrected chi connectivity index (χ4v) is 3.66. The topological polar surface area (TPSA) is 69.6 Å². The van der Waals surface area contributed by atoms with Gasteiger partial charge in [0, 0.05) is 6.42 Å². The second-order valence-corrected chi connectivity index (χ2v) is 6.48. The highest BCUT2D eigenvalue weighted by Gasteiger charge is 2.35. The molecule has 1 fully saturated rings. The number of hydrogen-bond donors (Lipinski definition) is 3. The number of aliphatic hydroxyl groups is 2. The minimum Gasteiger partial charge on any atom is -0.390 e. The number of carbonyl (C=O) groups is 1. The van der Waals surface area contributed by atoms with Crippen LogP contribution in [0, 0.1) is 0 Å². The molecule has 0 unspecified atom stereocenters. The lowest BCUT2D eigenvalue weighted by atomic mass is 9.82. The maximum atomic E-state index is 12.2. The molecule has 0 saturated heterocycles. The van der Waals surface area contributed by atoms with Crippen molar-refractivity contribution in [3.63, 3.8) is 0 Å². The fourth-order valence-electron chi connectivity index (χ4n) is 3.66. The van der Waals surface area contributed by atoms with Gasteiger partial charge in [-0.15, -0.1) is 0 Å². The van der Waals surface area contributed by atoms with Crippen LogP contribution in [0.4, 0.5) is 0 Å². The SMILES string of the molecule is O=C(CC1(O)CCCCC1)N[C@H]1c2ccccc2C[C@H]1O. The standard InChI is InChI=1S/C17H23NO3/c19-14-10-12-6-2-3-7-13(12)16(14)18-15(20)11-17(21)8-4-1-5-9-17/h2-3,6-7,14,16,19,21H,1,4-5,8-11H2,(H,18,20)/t14-,16+/m1/s1. The van der Waals surface area contributed by atoms with Gasteiger partial charge < -0.3 is 15.5 Å². The number of nitrogens with one attached hydrogen (secondary N) is 1. The Labute approximate surface area is 125 Å². The molecule has 4 nitrogen and oxygen atoms in total. The molecular formula is C17H23NO3. The first-order chi connectivity index (χ1) is 10.1. The molecule has 1 saturated carbocycles. The van der Waals surface area contributed by atoms with Gasteiger partial charge in [-0.05, 0) is 24.0 Å². The minimum absolute atomic E-state index is 0.137. The molecule has 114 valence electrons. The summed E-state index contributed by atoms with van der Waals surface area (Å²) in [7, 11) is 0. The number of benzene rings is 1. The summed E-state index contributed by atoms with van der Waals surface area (Å²) in [5.74, 6) is -0.167. The zero-order valence-electron chi connectivity index (χ0n) is 12.2.